The van der Waals surface area contributed by atoms with Gasteiger partial charge < -0.3 is 5.32 Å². The molecule has 0 aliphatic carbocycles. The Kier molecular flexibility index (Phi) is 4.98. The van der Waals surface area contributed by atoms with Crippen LogP contribution in [0.1, 0.15) is 20.3 Å². The molecular weight excluding hydrogens is 192 g/mol. The highest BCUT2D eigenvalue weighted by Gasteiger charge is 2.08. The summed E-state index contributed by atoms with van der Waals surface area (Å²) in [5.41, 5.74) is 0. The second-order valence-corrected chi connectivity index (χ2v) is 4.98. The average molecular weight is 210 g/mol. The first-order valence-corrected chi connectivity index (χ1v) is 5.85. The second-order valence-electron chi connectivity index (χ2n) is 3.52. The molecule has 0 aliphatic heterocycles. The highest BCUT2D eigenvalue weighted by molar-refractivity contribution is 7.99. The predicted molar refractivity (Wildman–Crippen MR) is 62.7 cm³/mol. The van der Waals surface area contributed by atoms with E-state index in [0.717, 1.165) is 11.4 Å². The van der Waals surface area contributed by atoms with Gasteiger partial charge in [0.05, 0.1) is 5.03 Å². The van der Waals surface area contributed by atoms with E-state index in [1.54, 1.807) is 0 Å². The third-order valence-corrected chi connectivity index (χ3v) is 3.22. The van der Waals surface area contributed by atoms with Crippen LogP contribution in [0.3, 0.4) is 0 Å². The number of pyridine rings is 1. The molecule has 1 rings (SSSR count). The first-order chi connectivity index (χ1) is 6.72. The van der Waals surface area contributed by atoms with Crippen molar-refractivity contribution in [2.24, 2.45) is 0 Å². The van der Waals surface area contributed by atoms with Gasteiger partial charge in [0.2, 0.25) is 0 Å². The number of rotatable bonds is 5. The van der Waals surface area contributed by atoms with Crippen molar-refractivity contribution in [3.63, 3.8) is 0 Å². The summed E-state index contributed by atoms with van der Waals surface area (Å²) in [4.78, 5) is 4.29. The van der Waals surface area contributed by atoms with Crippen molar-refractivity contribution in [1.82, 2.24) is 10.3 Å². The fraction of sp³-hybridized carbons (Fsp3) is 0.545. The molecule has 2 unspecified atom stereocenters. The molecule has 78 valence electrons. The van der Waals surface area contributed by atoms with Gasteiger partial charge in [0.1, 0.15) is 0 Å². The number of aromatic nitrogens is 1. The van der Waals surface area contributed by atoms with Gasteiger partial charge in [0.15, 0.2) is 0 Å². The highest BCUT2D eigenvalue weighted by Crippen LogP contribution is 2.23. The van der Waals surface area contributed by atoms with Gasteiger partial charge in [0.25, 0.3) is 0 Å². The Bertz CT molecular complexity index is 251. The molecule has 2 atom stereocenters. The van der Waals surface area contributed by atoms with Crippen LogP contribution in [-0.2, 0) is 0 Å². The van der Waals surface area contributed by atoms with E-state index < -0.39 is 0 Å². The van der Waals surface area contributed by atoms with Crippen LogP contribution in [-0.4, -0.2) is 23.3 Å². The van der Waals surface area contributed by atoms with E-state index in [-0.39, 0.29) is 0 Å². The van der Waals surface area contributed by atoms with E-state index >= 15 is 0 Å². The van der Waals surface area contributed by atoms with Gasteiger partial charge in [-0.15, -0.1) is 11.8 Å². The Morgan fingerprint density at radius 1 is 1.43 bits per heavy atom. The monoisotopic (exact) mass is 210 g/mol. The maximum absolute atomic E-state index is 4.29. The Morgan fingerprint density at radius 2 is 2.21 bits per heavy atom. The van der Waals surface area contributed by atoms with Crippen LogP contribution in [0.15, 0.2) is 29.4 Å². The molecule has 0 radical (unpaired) electrons. The third-order valence-electron chi connectivity index (χ3n) is 2.14. The van der Waals surface area contributed by atoms with Crippen LogP contribution in [0.5, 0.6) is 0 Å². The number of hydrogen-bond acceptors (Lipinski definition) is 3. The molecule has 14 heavy (non-hydrogen) atoms. The summed E-state index contributed by atoms with van der Waals surface area (Å²) >= 11 is 1.84. The van der Waals surface area contributed by atoms with Crippen LogP contribution in [0, 0.1) is 0 Å². The normalized spacial score (nSPS) is 15.1. The van der Waals surface area contributed by atoms with Crippen molar-refractivity contribution >= 4 is 11.8 Å². The van der Waals surface area contributed by atoms with E-state index in [9.17, 15) is 0 Å². The SMILES string of the molecule is CNC(C)CC(C)Sc1ccccn1. The van der Waals surface area contributed by atoms with Crippen molar-refractivity contribution in [2.75, 3.05) is 7.05 Å². The fourth-order valence-corrected chi connectivity index (χ4v) is 2.36. The lowest BCUT2D eigenvalue weighted by molar-refractivity contribution is 0.564. The minimum atomic E-state index is 0.571. The summed E-state index contributed by atoms with van der Waals surface area (Å²) < 4.78 is 0. The lowest BCUT2D eigenvalue weighted by Gasteiger charge is -2.15. The maximum Gasteiger partial charge on any atom is 0.0962 e. The Labute approximate surface area is 90.5 Å². The lowest BCUT2D eigenvalue weighted by Crippen LogP contribution is -2.24. The van der Waals surface area contributed by atoms with E-state index in [0.29, 0.717) is 11.3 Å². The van der Waals surface area contributed by atoms with Crippen LogP contribution in [0.25, 0.3) is 0 Å². The number of thioether (sulfide) groups is 1. The average Bonchev–Trinajstić information content (AvgIpc) is 2.19. The number of hydrogen-bond donors (Lipinski definition) is 1. The van der Waals surface area contributed by atoms with Gasteiger partial charge in [-0.3, -0.25) is 0 Å². The molecule has 1 heterocycles. The molecule has 0 saturated heterocycles. The Morgan fingerprint density at radius 3 is 2.79 bits per heavy atom. The standard InChI is InChI=1S/C11H18N2S/c1-9(12-3)8-10(2)14-11-6-4-5-7-13-11/h4-7,9-10,12H,8H2,1-3H3. The molecule has 3 heteroatoms. The quantitative estimate of drug-likeness (QED) is 0.756. The zero-order valence-electron chi connectivity index (χ0n) is 9.03. The Balaban J connectivity index is 2.37. The topological polar surface area (TPSA) is 24.9 Å². The largest absolute Gasteiger partial charge is 0.317 e. The summed E-state index contributed by atoms with van der Waals surface area (Å²) in [7, 11) is 2.00. The molecule has 0 fully saturated rings. The summed E-state index contributed by atoms with van der Waals surface area (Å²) in [6, 6.07) is 6.61. The van der Waals surface area contributed by atoms with Gasteiger partial charge >= 0.3 is 0 Å². The molecule has 1 N–H and O–H groups in total. The predicted octanol–water partition coefficient (Wildman–Crippen LogP) is 2.56. The van der Waals surface area contributed by atoms with Gasteiger partial charge in [-0.1, -0.05) is 13.0 Å². The van der Waals surface area contributed by atoms with Crippen molar-refractivity contribution in [3.05, 3.63) is 24.4 Å². The van der Waals surface area contributed by atoms with Crippen molar-refractivity contribution < 1.29 is 0 Å². The first kappa shape index (κ1) is 11.5. The molecule has 1 aromatic heterocycles. The van der Waals surface area contributed by atoms with Crippen LogP contribution in [0.2, 0.25) is 0 Å². The zero-order chi connectivity index (χ0) is 10.4. The molecular formula is C11H18N2S. The van der Waals surface area contributed by atoms with Crippen LogP contribution in [0.4, 0.5) is 0 Å². The zero-order valence-corrected chi connectivity index (χ0v) is 9.84. The third kappa shape index (κ3) is 4.11. The van der Waals surface area contributed by atoms with Crippen LogP contribution < -0.4 is 5.32 Å². The van der Waals surface area contributed by atoms with E-state index in [1.165, 1.54) is 0 Å². The van der Waals surface area contributed by atoms with Gasteiger partial charge in [-0.2, -0.15) is 0 Å². The van der Waals surface area contributed by atoms with Crippen molar-refractivity contribution in [2.45, 2.75) is 36.6 Å². The summed E-state index contributed by atoms with van der Waals surface area (Å²) in [6.45, 7) is 4.45. The second kappa shape index (κ2) is 6.04. The van der Waals surface area contributed by atoms with E-state index in [1.807, 2.05) is 37.1 Å². The minimum Gasteiger partial charge on any atom is -0.317 e. The molecule has 0 saturated carbocycles. The molecule has 2 nitrogen and oxygen atoms in total. The van der Waals surface area contributed by atoms with Crippen LogP contribution >= 0.6 is 11.8 Å². The number of nitrogens with one attached hydrogen (secondary N) is 1. The maximum atomic E-state index is 4.29. The molecule has 0 aromatic carbocycles. The molecule has 0 spiro atoms. The summed E-state index contributed by atoms with van der Waals surface area (Å²) in [5, 5.41) is 4.97. The Hall–Kier alpha value is -0.540. The highest BCUT2D eigenvalue weighted by atomic mass is 32.2. The smallest absolute Gasteiger partial charge is 0.0962 e. The van der Waals surface area contributed by atoms with Gasteiger partial charge in [-0.05, 0) is 32.5 Å². The van der Waals surface area contributed by atoms with E-state index in [2.05, 4.69) is 30.2 Å². The molecule has 0 bridgehead atoms. The van der Waals surface area contributed by atoms with Crippen molar-refractivity contribution in [1.29, 1.82) is 0 Å². The lowest BCUT2D eigenvalue weighted by atomic mass is 10.2. The van der Waals surface area contributed by atoms with Crippen molar-refractivity contribution in [3.8, 4) is 0 Å². The first-order valence-electron chi connectivity index (χ1n) is 4.97. The molecule has 0 amide bonds. The minimum absolute atomic E-state index is 0.571. The molecule has 0 aliphatic rings. The molecule has 1 aromatic rings. The van der Waals surface area contributed by atoms with Gasteiger partial charge in [0, 0.05) is 17.5 Å². The van der Waals surface area contributed by atoms with Gasteiger partial charge in [-0.25, -0.2) is 4.98 Å². The fourth-order valence-electron chi connectivity index (χ4n) is 1.29. The summed E-state index contributed by atoms with van der Waals surface area (Å²) in [5.74, 6) is 0. The summed E-state index contributed by atoms with van der Waals surface area (Å²) in [6.07, 6.45) is 3.01. The number of nitrogens with zero attached hydrogens (tertiary/aromatic N) is 1. The van der Waals surface area contributed by atoms with E-state index in [4.69, 9.17) is 0 Å².